The molecule has 0 saturated carbocycles. The van der Waals surface area contributed by atoms with Crippen LogP contribution in [0.2, 0.25) is 0 Å². The minimum Gasteiger partial charge on any atom is -0.408 e. The number of esters is 1. The predicted molar refractivity (Wildman–Crippen MR) is 46.9 cm³/mol. The van der Waals surface area contributed by atoms with Gasteiger partial charge >= 0.3 is 11.7 Å². The van der Waals surface area contributed by atoms with Crippen molar-refractivity contribution in [2.45, 2.75) is 13.3 Å². The molecule has 1 heterocycles. The first kappa shape index (κ1) is 9.66. The fraction of sp³-hybridized carbons (Fsp3) is 0.286. The first-order chi connectivity index (χ1) is 6.15. The van der Waals surface area contributed by atoms with Crippen LogP contribution in [0, 0.1) is 10.1 Å². The Bertz CT molecular complexity index is 333. The third kappa shape index (κ3) is 2.25. The number of nitro groups is 1. The van der Waals surface area contributed by atoms with E-state index in [2.05, 4.69) is 0 Å². The van der Waals surface area contributed by atoms with Crippen molar-refractivity contribution in [2.24, 2.45) is 0 Å². The zero-order chi connectivity index (χ0) is 9.84. The van der Waals surface area contributed by atoms with Crippen molar-refractivity contribution in [3.05, 3.63) is 21.6 Å². The van der Waals surface area contributed by atoms with E-state index in [4.69, 9.17) is 4.74 Å². The predicted octanol–water partition coefficient (Wildman–Crippen LogP) is 1.97. The summed E-state index contributed by atoms with van der Waals surface area (Å²) in [6.07, 6.45) is 0.203. The van der Waals surface area contributed by atoms with Gasteiger partial charge < -0.3 is 4.74 Å². The molecule has 13 heavy (non-hydrogen) atoms. The van der Waals surface area contributed by atoms with Gasteiger partial charge in [-0.15, -0.1) is 0 Å². The average Bonchev–Trinajstić information content (AvgIpc) is 2.52. The molecule has 0 aliphatic rings. The topological polar surface area (TPSA) is 69.4 Å². The summed E-state index contributed by atoms with van der Waals surface area (Å²) in [5, 5.41) is 11.9. The standard InChI is InChI=1S/C7H7NO4S/c1-2-6(9)12-7-5(8(10)11)3-4-13-7/h3-4H,2H2,1H3. The lowest BCUT2D eigenvalue weighted by Crippen LogP contribution is -2.05. The lowest BCUT2D eigenvalue weighted by molar-refractivity contribution is -0.385. The normalized spacial score (nSPS) is 9.62. The van der Waals surface area contributed by atoms with Gasteiger partial charge in [0.25, 0.3) is 5.06 Å². The molecule has 0 unspecified atom stereocenters. The monoisotopic (exact) mass is 201 g/mol. The van der Waals surface area contributed by atoms with Crippen molar-refractivity contribution in [1.29, 1.82) is 0 Å². The lowest BCUT2D eigenvalue weighted by atomic mass is 10.5. The molecule has 0 amide bonds. The molecular formula is C7H7NO4S. The van der Waals surface area contributed by atoms with E-state index in [9.17, 15) is 14.9 Å². The summed E-state index contributed by atoms with van der Waals surface area (Å²) in [6.45, 7) is 1.63. The summed E-state index contributed by atoms with van der Waals surface area (Å²) in [7, 11) is 0. The Hall–Kier alpha value is -1.43. The number of hydrogen-bond acceptors (Lipinski definition) is 5. The maximum Gasteiger partial charge on any atom is 0.323 e. The number of nitrogens with zero attached hydrogens (tertiary/aromatic N) is 1. The quantitative estimate of drug-likeness (QED) is 0.426. The van der Waals surface area contributed by atoms with Crippen LogP contribution in [0.4, 0.5) is 5.69 Å². The Morgan fingerprint density at radius 3 is 3.00 bits per heavy atom. The highest BCUT2D eigenvalue weighted by Gasteiger charge is 2.18. The Labute approximate surface area is 78.1 Å². The number of carbonyl (C=O) groups excluding carboxylic acids is 1. The molecule has 0 aliphatic heterocycles. The van der Waals surface area contributed by atoms with Crippen LogP contribution in [-0.2, 0) is 4.79 Å². The van der Waals surface area contributed by atoms with Crippen molar-refractivity contribution < 1.29 is 14.5 Å². The van der Waals surface area contributed by atoms with Crippen molar-refractivity contribution >= 4 is 23.0 Å². The molecule has 1 aromatic heterocycles. The fourth-order valence-electron chi connectivity index (χ4n) is 0.676. The van der Waals surface area contributed by atoms with E-state index in [1.165, 1.54) is 11.4 Å². The van der Waals surface area contributed by atoms with Gasteiger partial charge in [0.15, 0.2) is 0 Å². The molecule has 1 aromatic rings. The molecule has 0 atom stereocenters. The largest absolute Gasteiger partial charge is 0.408 e. The van der Waals surface area contributed by atoms with Crippen molar-refractivity contribution in [3.8, 4) is 5.06 Å². The van der Waals surface area contributed by atoms with E-state index in [0.29, 0.717) is 0 Å². The van der Waals surface area contributed by atoms with E-state index in [0.717, 1.165) is 11.3 Å². The van der Waals surface area contributed by atoms with Gasteiger partial charge in [-0.2, -0.15) is 0 Å². The third-order valence-electron chi connectivity index (χ3n) is 1.30. The maximum atomic E-state index is 10.8. The van der Waals surface area contributed by atoms with E-state index in [-0.39, 0.29) is 17.2 Å². The molecule has 0 aliphatic carbocycles. The molecule has 0 N–H and O–H groups in total. The average molecular weight is 201 g/mol. The summed E-state index contributed by atoms with van der Waals surface area (Å²) >= 11 is 1.04. The van der Waals surface area contributed by atoms with Crippen LogP contribution >= 0.6 is 11.3 Å². The van der Waals surface area contributed by atoms with Gasteiger partial charge in [-0.3, -0.25) is 14.9 Å². The Morgan fingerprint density at radius 2 is 2.46 bits per heavy atom. The number of thiophene rings is 1. The van der Waals surface area contributed by atoms with Crippen LogP contribution in [0.25, 0.3) is 0 Å². The van der Waals surface area contributed by atoms with Crippen LogP contribution in [0.1, 0.15) is 13.3 Å². The highest BCUT2D eigenvalue weighted by molar-refractivity contribution is 7.12. The smallest absolute Gasteiger partial charge is 0.323 e. The molecule has 5 nitrogen and oxygen atoms in total. The van der Waals surface area contributed by atoms with E-state index >= 15 is 0 Å². The second-order valence-corrected chi connectivity index (χ2v) is 3.06. The Morgan fingerprint density at radius 1 is 1.77 bits per heavy atom. The molecule has 0 spiro atoms. The first-order valence-electron chi connectivity index (χ1n) is 3.57. The second kappa shape index (κ2) is 3.99. The Balaban J connectivity index is 2.82. The fourth-order valence-corrected chi connectivity index (χ4v) is 1.40. The summed E-state index contributed by atoms with van der Waals surface area (Å²) in [4.78, 5) is 20.6. The van der Waals surface area contributed by atoms with Crippen LogP contribution < -0.4 is 4.74 Å². The zero-order valence-electron chi connectivity index (χ0n) is 6.85. The van der Waals surface area contributed by atoms with Gasteiger partial charge in [-0.05, 0) is 0 Å². The summed E-state index contributed by atoms with van der Waals surface area (Å²) in [5.74, 6) is -0.467. The van der Waals surface area contributed by atoms with Gasteiger partial charge in [0, 0.05) is 17.9 Å². The van der Waals surface area contributed by atoms with Crippen molar-refractivity contribution in [3.63, 3.8) is 0 Å². The molecule has 0 bridgehead atoms. The molecule has 0 saturated heterocycles. The Kier molecular flexibility index (Phi) is 2.97. The maximum absolute atomic E-state index is 10.8. The summed E-state index contributed by atoms with van der Waals surface area (Å²) in [5.41, 5.74) is -0.160. The van der Waals surface area contributed by atoms with Gasteiger partial charge in [0.05, 0.1) is 4.92 Å². The minimum absolute atomic E-state index is 0.0526. The molecule has 1 rings (SSSR count). The van der Waals surface area contributed by atoms with E-state index in [1.54, 1.807) is 6.92 Å². The SMILES string of the molecule is CCC(=O)Oc1sccc1[N+](=O)[O-]. The highest BCUT2D eigenvalue weighted by Crippen LogP contribution is 2.33. The van der Waals surface area contributed by atoms with E-state index in [1.807, 2.05) is 0 Å². The summed E-state index contributed by atoms with van der Waals surface area (Å²) < 4.78 is 4.73. The number of hydrogen-bond donors (Lipinski definition) is 0. The lowest BCUT2D eigenvalue weighted by Gasteiger charge is -1.97. The highest BCUT2D eigenvalue weighted by atomic mass is 32.1. The molecule has 0 fully saturated rings. The van der Waals surface area contributed by atoms with Gasteiger partial charge in [0.1, 0.15) is 0 Å². The minimum atomic E-state index is -0.575. The molecular weight excluding hydrogens is 194 g/mol. The zero-order valence-corrected chi connectivity index (χ0v) is 7.67. The number of carbonyl (C=O) groups is 1. The van der Waals surface area contributed by atoms with Crippen LogP contribution in [-0.4, -0.2) is 10.9 Å². The van der Waals surface area contributed by atoms with Crippen LogP contribution in [0.15, 0.2) is 11.4 Å². The molecule has 0 aromatic carbocycles. The first-order valence-corrected chi connectivity index (χ1v) is 4.45. The number of rotatable bonds is 3. The molecule has 0 radical (unpaired) electrons. The van der Waals surface area contributed by atoms with Crippen LogP contribution in [0.5, 0.6) is 5.06 Å². The van der Waals surface area contributed by atoms with Gasteiger partial charge in [-0.25, -0.2) is 0 Å². The van der Waals surface area contributed by atoms with Crippen molar-refractivity contribution in [1.82, 2.24) is 0 Å². The third-order valence-corrected chi connectivity index (χ3v) is 2.08. The van der Waals surface area contributed by atoms with Crippen LogP contribution in [0.3, 0.4) is 0 Å². The number of ether oxygens (including phenoxy) is 1. The summed E-state index contributed by atoms with van der Waals surface area (Å²) in [6, 6.07) is 1.31. The molecule has 6 heteroatoms. The van der Waals surface area contributed by atoms with Crippen molar-refractivity contribution in [2.75, 3.05) is 0 Å². The van der Waals surface area contributed by atoms with Gasteiger partial charge in [0.2, 0.25) is 0 Å². The van der Waals surface area contributed by atoms with Gasteiger partial charge in [-0.1, -0.05) is 18.3 Å². The molecule has 70 valence electrons. The van der Waals surface area contributed by atoms with E-state index < -0.39 is 10.9 Å². The second-order valence-electron chi connectivity index (χ2n) is 2.18.